The van der Waals surface area contributed by atoms with E-state index < -0.39 is 0 Å². The van der Waals surface area contributed by atoms with Crippen LogP contribution in [-0.4, -0.2) is 50.8 Å². The Morgan fingerprint density at radius 2 is 2.25 bits per heavy atom. The van der Waals surface area contributed by atoms with Gasteiger partial charge in [0.05, 0.1) is 6.61 Å². The second-order valence-corrected chi connectivity index (χ2v) is 5.53. The molecule has 3 atom stereocenters. The molecular weight excluding hydrogens is 200 g/mol. The summed E-state index contributed by atoms with van der Waals surface area (Å²) < 4.78 is 5.21. The van der Waals surface area contributed by atoms with E-state index in [1.165, 1.54) is 45.2 Å². The van der Waals surface area contributed by atoms with E-state index in [9.17, 15) is 0 Å². The highest BCUT2D eigenvalue weighted by Crippen LogP contribution is 2.26. The molecule has 0 aromatic carbocycles. The molecule has 0 amide bonds. The van der Waals surface area contributed by atoms with Crippen LogP contribution in [0.25, 0.3) is 0 Å². The summed E-state index contributed by atoms with van der Waals surface area (Å²) in [6.07, 6.45) is 6.91. The second kappa shape index (κ2) is 5.99. The number of ether oxygens (including phenoxy) is 1. The average Bonchev–Trinajstić information content (AvgIpc) is 2.70. The number of methoxy groups -OCH3 is 1. The average molecular weight is 226 g/mol. The van der Waals surface area contributed by atoms with Crippen LogP contribution in [0.4, 0.5) is 0 Å². The van der Waals surface area contributed by atoms with Crippen molar-refractivity contribution in [2.75, 3.05) is 33.9 Å². The Bertz CT molecular complexity index is 210. The Balaban J connectivity index is 1.73. The van der Waals surface area contributed by atoms with Gasteiger partial charge in [0.25, 0.3) is 0 Å². The first-order valence-electron chi connectivity index (χ1n) is 6.72. The predicted octanol–water partition coefficient (Wildman–Crippen LogP) is 1.49. The fourth-order valence-corrected chi connectivity index (χ4v) is 3.24. The largest absolute Gasteiger partial charge is 0.383 e. The molecule has 1 N–H and O–H groups in total. The SMILES string of the molecule is COCC1CC(CC2CCCCN2C)CN1. The zero-order chi connectivity index (χ0) is 11.4. The van der Waals surface area contributed by atoms with Crippen molar-refractivity contribution < 1.29 is 4.74 Å². The van der Waals surface area contributed by atoms with Crippen molar-refractivity contribution >= 4 is 0 Å². The number of nitrogens with zero attached hydrogens (tertiary/aromatic N) is 1. The van der Waals surface area contributed by atoms with Gasteiger partial charge in [0, 0.05) is 19.2 Å². The van der Waals surface area contributed by atoms with Gasteiger partial charge in [-0.25, -0.2) is 0 Å². The van der Waals surface area contributed by atoms with E-state index >= 15 is 0 Å². The molecule has 3 unspecified atom stereocenters. The van der Waals surface area contributed by atoms with E-state index in [-0.39, 0.29) is 0 Å². The Morgan fingerprint density at radius 3 is 3.00 bits per heavy atom. The van der Waals surface area contributed by atoms with Crippen LogP contribution in [-0.2, 0) is 4.74 Å². The van der Waals surface area contributed by atoms with E-state index in [2.05, 4.69) is 17.3 Å². The third-order valence-corrected chi connectivity index (χ3v) is 4.21. The lowest BCUT2D eigenvalue weighted by atomic mass is 9.91. The lowest BCUT2D eigenvalue weighted by Gasteiger charge is -2.34. The van der Waals surface area contributed by atoms with Crippen molar-refractivity contribution in [1.29, 1.82) is 0 Å². The molecule has 0 radical (unpaired) electrons. The predicted molar refractivity (Wildman–Crippen MR) is 66.7 cm³/mol. The summed E-state index contributed by atoms with van der Waals surface area (Å²) in [6, 6.07) is 1.44. The van der Waals surface area contributed by atoms with Gasteiger partial charge in [-0.2, -0.15) is 0 Å². The van der Waals surface area contributed by atoms with Gasteiger partial charge in [0.15, 0.2) is 0 Å². The van der Waals surface area contributed by atoms with Crippen LogP contribution < -0.4 is 5.32 Å². The van der Waals surface area contributed by atoms with Crippen molar-refractivity contribution in [3.8, 4) is 0 Å². The monoisotopic (exact) mass is 226 g/mol. The number of rotatable bonds is 4. The molecule has 3 heteroatoms. The fourth-order valence-electron chi connectivity index (χ4n) is 3.24. The van der Waals surface area contributed by atoms with Crippen molar-refractivity contribution in [3.63, 3.8) is 0 Å². The first kappa shape index (κ1) is 12.3. The zero-order valence-corrected chi connectivity index (χ0v) is 10.7. The molecular formula is C13H26N2O. The maximum atomic E-state index is 5.21. The molecule has 0 aromatic heterocycles. The van der Waals surface area contributed by atoms with Crippen molar-refractivity contribution in [1.82, 2.24) is 10.2 Å². The summed E-state index contributed by atoms with van der Waals surface area (Å²) >= 11 is 0. The summed E-state index contributed by atoms with van der Waals surface area (Å²) in [4.78, 5) is 2.56. The lowest BCUT2D eigenvalue weighted by Crippen LogP contribution is -2.37. The van der Waals surface area contributed by atoms with E-state index in [1.54, 1.807) is 7.11 Å². The van der Waals surface area contributed by atoms with E-state index in [1.807, 2.05) is 0 Å². The summed E-state index contributed by atoms with van der Waals surface area (Å²) in [5, 5.41) is 3.57. The molecule has 0 saturated carbocycles. The van der Waals surface area contributed by atoms with Crippen molar-refractivity contribution in [2.45, 2.75) is 44.2 Å². The molecule has 2 aliphatic rings. The van der Waals surface area contributed by atoms with Crippen LogP contribution in [0.15, 0.2) is 0 Å². The van der Waals surface area contributed by atoms with Gasteiger partial charge in [-0.1, -0.05) is 6.42 Å². The van der Waals surface area contributed by atoms with Crippen LogP contribution in [0.3, 0.4) is 0 Å². The molecule has 94 valence electrons. The molecule has 2 aliphatic heterocycles. The Hall–Kier alpha value is -0.120. The topological polar surface area (TPSA) is 24.5 Å². The van der Waals surface area contributed by atoms with Crippen LogP contribution in [0, 0.1) is 5.92 Å². The fraction of sp³-hybridized carbons (Fsp3) is 1.00. The molecule has 2 fully saturated rings. The van der Waals surface area contributed by atoms with E-state index in [0.717, 1.165) is 18.6 Å². The summed E-state index contributed by atoms with van der Waals surface area (Å²) in [5.41, 5.74) is 0. The number of nitrogens with one attached hydrogen (secondary N) is 1. The van der Waals surface area contributed by atoms with Crippen molar-refractivity contribution in [3.05, 3.63) is 0 Å². The molecule has 0 bridgehead atoms. The number of piperidine rings is 1. The van der Waals surface area contributed by atoms with Crippen molar-refractivity contribution in [2.24, 2.45) is 5.92 Å². The lowest BCUT2D eigenvalue weighted by molar-refractivity contribution is 0.154. The summed E-state index contributed by atoms with van der Waals surface area (Å²) in [5.74, 6) is 0.866. The smallest absolute Gasteiger partial charge is 0.0615 e. The molecule has 16 heavy (non-hydrogen) atoms. The van der Waals surface area contributed by atoms with Gasteiger partial charge in [0.1, 0.15) is 0 Å². The van der Waals surface area contributed by atoms with E-state index in [4.69, 9.17) is 4.74 Å². The molecule has 3 nitrogen and oxygen atoms in total. The number of hydrogen-bond donors (Lipinski definition) is 1. The van der Waals surface area contributed by atoms with Crippen LogP contribution >= 0.6 is 0 Å². The third-order valence-electron chi connectivity index (χ3n) is 4.21. The highest BCUT2D eigenvalue weighted by molar-refractivity contribution is 4.85. The zero-order valence-electron chi connectivity index (χ0n) is 10.7. The molecule has 2 rings (SSSR count). The summed E-state index contributed by atoms with van der Waals surface area (Å²) in [7, 11) is 4.09. The molecule has 0 spiro atoms. The molecule has 0 aromatic rings. The third kappa shape index (κ3) is 3.19. The van der Waals surface area contributed by atoms with Gasteiger partial charge in [0.2, 0.25) is 0 Å². The van der Waals surface area contributed by atoms with Gasteiger partial charge in [-0.15, -0.1) is 0 Å². The van der Waals surface area contributed by atoms with Crippen LogP contribution in [0.2, 0.25) is 0 Å². The van der Waals surface area contributed by atoms with Gasteiger partial charge < -0.3 is 15.0 Å². The van der Waals surface area contributed by atoms with Crippen LogP contribution in [0.5, 0.6) is 0 Å². The highest BCUT2D eigenvalue weighted by atomic mass is 16.5. The van der Waals surface area contributed by atoms with E-state index in [0.29, 0.717) is 6.04 Å². The first-order valence-corrected chi connectivity index (χ1v) is 6.72. The maximum absolute atomic E-state index is 5.21. The number of hydrogen-bond acceptors (Lipinski definition) is 3. The van der Waals surface area contributed by atoms with Gasteiger partial charge in [-0.3, -0.25) is 0 Å². The minimum absolute atomic E-state index is 0.601. The van der Waals surface area contributed by atoms with Crippen LogP contribution in [0.1, 0.15) is 32.1 Å². The highest BCUT2D eigenvalue weighted by Gasteiger charge is 2.28. The summed E-state index contributed by atoms with van der Waals surface area (Å²) in [6.45, 7) is 3.36. The minimum Gasteiger partial charge on any atom is -0.383 e. The normalized spacial score (nSPS) is 36.8. The molecule has 2 saturated heterocycles. The maximum Gasteiger partial charge on any atom is 0.0615 e. The second-order valence-electron chi connectivity index (χ2n) is 5.53. The molecule has 2 heterocycles. The quantitative estimate of drug-likeness (QED) is 0.786. The van der Waals surface area contributed by atoms with Gasteiger partial charge >= 0.3 is 0 Å². The van der Waals surface area contributed by atoms with Gasteiger partial charge in [-0.05, 0) is 51.7 Å². The molecule has 0 aliphatic carbocycles. The first-order chi connectivity index (χ1) is 7.79. The Morgan fingerprint density at radius 1 is 1.38 bits per heavy atom. The minimum atomic E-state index is 0.601. The Labute approximate surface area is 99.5 Å². The number of likely N-dealkylation sites (tertiary alicyclic amines) is 1. The Kier molecular flexibility index (Phi) is 4.62. The standard InChI is InChI=1S/C13H26N2O/c1-15-6-4-3-5-13(15)8-11-7-12(10-16-2)14-9-11/h11-14H,3-10H2,1-2H3.